The molecule has 0 unspecified atom stereocenters. The number of rotatable bonds is 4. The van der Waals surface area contributed by atoms with Gasteiger partial charge in [0.15, 0.2) is 0 Å². The van der Waals surface area contributed by atoms with Crippen LogP contribution in [-0.4, -0.2) is 16.1 Å². The lowest BCUT2D eigenvalue weighted by Gasteiger charge is -2.06. The molecule has 0 amide bonds. The highest BCUT2D eigenvalue weighted by Crippen LogP contribution is 2.25. The van der Waals surface area contributed by atoms with Crippen molar-refractivity contribution in [1.82, 2.24) is 4.98 Å². The Labute approximate surface area is 127 Å². The average molecular weight is 291 g/mol. The number of fused-ring (bicyclic) bond motifs is 1. The minimum absolute atomic E-state index is 0.603. The smallest absolute Gasteiger partial charge is 0.328 e. The standard InChI is InChI=1S/C18H13NO3/c20-18(21)11-8-14-7-6-13-12-16(9-10-17(13)19-14)22-15-4-2-1-3-5-15/h1-12H,(H,20,21)/b11-8+. The first-order valence-corrected chi connectivity index (χ1v) is 6.75. The summed E-state index contributed by atoms with van der Waals surface area (Å²) in [6, 6.07) is 18.8. The molecule has 0 fully saturated rings. The van der Waals surface area contributed by atoms with E-state index in [1.54, 1.807) is 6.07 Å². The Hall–Kier alpha value is -3.14. The quantitative estimate of drug-likeness (QED) is 0.734. The molecule has 0 aliphatic carbocycles. The third kappa shape index (κ3) is 3.30. The number of carbonyl (C=O) groups is 1. The molecule has 3 rings (SSSR count). The van der Waals surface area contributed by atoms with Crippen LogP contribution in [0.1, 0.15) is 5.69 Å². The number of pyridine rings is 1. The van der Waals surface area contributed by atoms with Gasteiger partial charge in [0.05, 0.1) is 11.2 Å². The normalized spacial score (nSPS) is 10.9. The molecule has 0 aliphatic heterocycles. The Kier molecular flexibility index (Phi) is 3.83. The van der Waals surface area contributed by atoms with E-state index >= 15 is 0 Å². The first-order valence-electron chi connectivity index (χ1n) is 6.75. The number of para-hydroxylation sites is 1. The zero-order valence-electron chi connectivity index (χ0n) is 11.6. The maximum absolute atomic E-state index is 10.5. The molecule has 1 heterocycles. The van der Waals surface area contributed by atoms with Gasteiger partial charge in [0.2, 0.25) is 0 Å². The monoisotopic (exact) mass is 291 g/mol. The molecule has 3 aromatic rings. The van der Waals surface area contributed by atoms with Crippen molar-refractivity contribution in [3.8, 4) is 11.5 Å². The van der Waals surface area contributed by atoms with Crippen LogP contribution in [0, 0.1) is 0 Å². The molecule has 0 spiro atoms. The summed E-state index contributed by atoms with van der Waals surface area (Å²) in [4.78, 5) is 14.9. The molecule has 0 radical (unpaired) electrons. The van der Waals surface area contributed by atoms with Crippen LogP contribution < -0.4 is 4.74 Å². The second-order valence-electron chi connectivity index (χ2n) is 4.68. The van der Waals surface area contributed by atoms with Crippen molar-refractivity contribution >= 4 is 22.9 Å². The van der Waals surface area contributed by atoms with Crippen LogP contribution >= 0.6 is 0 Å². The van der Waals surface area contributed by atoms with Crippen molar-refractivity contribution in [1.29, 1.82) is 0 Å². The van der Waals surface area contributed by atoms with Crippen molar-refractivity contribution in [3.05, 3.63) is 72.4 Å². The van der Waals surface area contributed by atoms with Crippen molar-refractivity contribution in [3.63, 3.8) is 0 Å². The molecule has 0 saturated carbocycles. The lowest BCUT2D eigenvalue weighted by Crippen LogP contribution is -1.89. The summed E-state index contributed by atoms with van der Waals surface area (Å²) < 4.78 is 5.78. The van der Waals surface area contributed by atoms with Gasteiger partial charge < -0.3 is 9.84 Å². The van der Waals surface area contributed by atoms with E-state index in [4.69, 9.17) is 9.84 Å². The van der Waals surface area contributed by atoms with E-state index < -0.39 is 5.97 Å². The van der Waals surface area contributed by atoms with Crippen LogP contribution in [0.15, 0.2) is 66.7 Å². The largest absolute Gasteiger partial charge is 0.478 e. The van der Waals surface area contributed by atoms with Gasteiger partial charge in [-0.1, -0.05) is 24.3 Å². The van der Waals surface area contributed by atoms with Crippen LogP contribution in [0.3, 0.4) is 0 Å². The first-order chi connectivity index (χ1) is 10.7. The third-order valence-electron chi connectivity index (χ3n) is 3.06. The van der Waals surface area contributed by atoms with Crippen LogP contribution in [0.25, 0.3) is 17.0 Å². The molecular formula is C18H13NO3. The molecule has 0 bridgehead atoms. The molecule has 0 aliphatic rings. The fourth-order valence-electron chi connectivity index (χ4n) is 2.06. The molecule has 0 atom stereocenters. The minimum atomic E-state index is -0.992. The highest BCUT2D eigenvalue weighted by molar-refractivity contribution is 5.86. The van der Waals surface area contributed by atoms with Gasteiger partial charge in [-0.25, -0.2) is 9.78 Å². The number of aliphatic carboxylic acids is 1. The van der Waals surface area contributed by atoms with E-state index in [1.807, 2.05) is 54.6 Å². The van der Waals surface area contributed by atoms with E-state index in [-0.39, 0.29) is 0 Å². The number of nitrogens with zero attached hydrogens (tertiary/aromatic N) is 1. The minimum Gasteiger partial charge on any atom is -0.478 e. The maximum atomic E-state index is 10.5. The second-order valence-corrected chi connectivity index (χ2v) is 4.68. The third-order valence-corrected chi connectivity index (χ3v) is 3.06. The lowest BCUT2D eigenvalue weighted by atomic mass is 10.2. The van der Waals surface area contributed by atoms with Gasteiger partial charge in [0.1, 0.15) is 11.5 Å². The summed E-state index contributed by atoms with van der Waals surface area (Å²) in [6.45, 7) is 0. The van der Waals surface area contributed by atoms with Gasteiger partial charge in [0, 0.05) is 11.5 Å². The molecule has 0 saturated heterocycles. The molecule has 108 valence electrons. The van der Waals surface area contributed by atoms with Crippen LogP contribution in [0.4, 0.5) is 0 Å². The second kappa shape index (κ2) is 6.10. The van der Waals surface area contributed by atoms with E-state index in [0.29, 0.717) is 5.69 Å². The number of aromatic nitrogens is 1. The first kappa shape index (κ1) is 13.8. The van der Waals surface area contributed by atoms with Crippen molar-refractivity contribution in [2.75, 3.05) is 0 Å². The van der Waals surface area contributed by atoms with Gasteiger partial charge in [-0.15, -0.1) is 0 Å². The molecule has 4 nitrogen and oxygen atoms in total. The summed E-state index contributed by atoms with van der Waals surface area (Å²) in [7, 11) is 0. The highest BCUT2D eigenvalue weighted by atomic mass is 16.5. The zero-order chi connectivity index (χ0) is 15.4. The Morgan fingerprint density at radius 2 is 1.82 bits per heavy atom. The summed E-state index contributed by atoms with van der Waals surface area (Å²) in [6.07, 6.45) is 2.54. The topological polar surface area (TPSA) is 59.4 Å². The number of carboxylic acids is 1. The Balaban J connectivity index is 1.88. The lowest BCUT2D eigenvalue weighted by molar-refractivity contribution is -0.131. The predicted octanol–water partition coefficient (Wildman–Crippen LogP) is 4.12. The number of benzene rings is 2. The number of hydrogen-bond donors (Lipinski definition) is 1. The molecular weight excluding hydrogens is 278 g/mol. The van der Waals surface area contributed by atoms with Gasteiger partial charge in [-0.05, 0) is 42.5 Å². The van der Waals surface area contributed by atoms with Crippen LogP contribution in [0.5, 0.6) is 11.5 Å². The SMILES string of the molecule is O=C(O)/C=C/c1ccc2cc(Oc3ccccc3)ccc2n1. The van der Waals surface area contributed by atoms with E-state index in [0.717, 1.165) is 28.5 Å². The maximum Gasteiger partial charge on any atom is 0.328 e. The Morgan fingerprint density at radius 3 is 2.59 bits per heavy atom. The summed E-state index contributed by atoms with van der Waals surface area (Å²) >= 11 is 0. The van der Waals surface area contributed by atoms with Crippen LogP contribution in [0.2, 0.25) is 0 Å². The van der Waals surface area contributed by atoms with Gasteiger partial charge in [0.25, 0.3) is 0 Å². The van der Waals surface area contributed by atoms with Crippen molar-refractivity contribution < 1.29 is 14.6 Å². The van der Waals surface area contributed by atoms with Crippen molar-refractivity contribution in [2.24, 2.45) is 0 Å². The predicted molar refractivity (Wildman–Crippen MR) is 84.9 cm³/mol. The fraction of sp³-hybridized carbons (Fsp3) is 0. The zero-order valence-corrected chi connectivity index (χ0v) is 11.6. The van der Waals surface area contributed by atoms with Crippen LogP contribution in [-0.2, 0) is 4.79 Å². The Bertz CT molecular complexity index is 841. The van der Waals surface area contributed by atoms with Gasteiger partial charge >= 0.3 is 5.97 Å². The Morgan fingerprint density at radius 1 is 1.00 bits per heavy atom. The van der Waals surface area contributed by atoms with E-state index in [2.05, 4.69) is 4.98 Å². The average Bonchev–Trinajstić information content (AvgIpc) is 2.54. The van der Waals surface area contributed by atoms with Gasteiger partial charge in [-0.2, -0.15) is 0 Å². The summed E-state index contributed by atoms with van der Waals surface area (Å²) in [5.74, 6) is 0.513. The fourth-order valence-corrected chi connectivity index (χ4v) is 2.06. The molecule has 1 aromatic heterocycles. The summed E-state index contributed by atoms with van der Waals surface area (Å²) in [5.41, 5.74) is 1.39. The number of ether oxygens (including phenoxy) is 1. The van der Waals surface area contributed by atoms with E-state index in [1.165, 1.54) is 6.08 Å². The summed E-state index contributed by atoms with van der Waals surface area (Å²) in [5, 5.41) is 9.56. The molecule has 2 aromatic carbocycles. The highest BCUT2D eigenvalue weighted by Gasteiger charge is 2.01. The van der Waals surface area contributed by atoms with Crippen molar-refractivity contribution in [2.45, 2.75) is 0 Å². The molecule has 4 heteroatoms. The number of hydrogen-bond acceptors (Lipinski definition) is 3. The van der Waals surface area contributed by atoms with E-state index in [9.17, 15) is 4.79 Å². The number of carboxylic acid groups (broad SMARTS) is 1. The van der Waals surface area contributed by atoms with Gasteiger partial charge in [-0.3, -0.25) is 0 Å². The molecule has 1 N–H and O–H groups in total. The molecule has 22 heavy (non-hydrogen) atoms.